The Balaban J connectivity index is 2.53. The van der Waals surface area contributed by atoms with Crippen LogP contribution in [0.1, 0.15) is 5.56 Å². The highest BCUT2D eigenvalue weighted by atomic mass is 32.2. The van der Waals surface area contributed by atoms with Gasteiger partial charge in [-0.2, -0.15) is 0 Å². The summed E-state index contributed by atoms with van der Waals surface area (Å²) >= 11 is 1.61. The first-order valence-corrected chi connectivity index (χ1v) is 5.51. The van der Waals surface area contributed by atoms with Crippen LogP contribution in [0, 0.1) is 0 Å². The van der Waals surface area contributed by atoms with Gasteiger partial charge in [0.05, 0.1) is 0 Å². The zero-order chi connectivity index (χ0) is 11.3. The fourth-order valence-corrected chi connectivity index (χ4v) is 2.06. The molecule has 0 spiro atoms. The molecule has 0 saturated heterocycles. The Hall–Kier alpha value is -1.06. The maximum Gasteiger partial charge on any atom is 0.0351 e. The lowest BCUT2D eigenvalue weighted by Crippen LogP contribution is -2.13. The van der Waals surface area contributed by atoms with Gasteiger partial charge in [0.1, 0.15) is 0 Å². The first kappa shape index (κ1) is 12.0. The zero-order valence-electron chi connectivity index (χ0n) is 9.23. The highest BCUT2D eigenvalue weighted by molar-refractivity contribution is 8.11. The summed E-state index contributed by atoms with van der Waals surface area (Å²) in [5, 5.41) is 0. The highest BCUT2D eigenvalue weighted by Gasteiger charge is 2.03. The molecular formula is C12H16N2S. The van der Waals surface area contributed by atoms with E-state index in [4.69, 9.17) is 0 Å². The van der Waals surface area contributed by atoms with Gasteiger partial charge >= 0.3 is 0 Å². The second-order valence-electron chi connectivity index (χ2n) is 3.54. The van der Waals surface area contributed by atoms with E-state index in [-0.39, 0.29) is 0 Å². The van der Waals surface area contributed by atoms with Crippen molar-refractivity contribution < 1.29 is 0 Å². The Bertz CT molecular complexity index is 344. The van der Waals surface area contributed by atoms with Gasteiger partial charge in [-0.15, -0.1) is 0 Å². The summed E-state index contributed by atoms with van der Waals surface area (Å²) in [6.07, 6.45) is 3.58. The molecule has 0 aromatic carbocycles. The topological polar surface area (TPSA) is 16.1 Å². The van der Waals surface area contributed by atoms with Crippen LogP contribution in [-0.2, 0) is 0 Å². The van der Waals surface area contributed by atoms with Crippen molar-refractivity contribution in [1.29, 1.82) is 0 Å². The molecular weight excluding hydrogens is 204 g/mol. The van der Waals surface area contributed by atoms with Crippen LogP contribution in [-0.4, -0.2) is 30.5 Å². The summed E-state index contributed by atoms with van der Waals surface area (Å²) in [5.74, 6) is 0. The van der Waals surface area contributed by atoms with Gasteiger partial charge in [-0.05, 0) is 25.1 Å². The van der Waals surface area contributed by atoms with E-state index in [0.29, 0.717) is 0 Å². The van der Waals surface area contributed by atoms with Crippen LogP contribution in [0.3, 0.4) is 0 Å². The van der Waals surface area contributed by atoms with Gasteiger partial charge in [0.2, 0.25) is 0 Å². The van der Waals surface area contributed by atoms with Crippen molar-refractivity contribution >= 4 is 16.7 Å². The average Bonchev–Trinajstić information content (AvgIpc) is 2.17. The Kier molecular flexibility index (Phi) is 4.59. The van der Waals surface area contributed by atoms with Crippen LogP contribution in [0.15, 0.2) is 42.6 Å². The third kappa shape index (κ3) is 4.32. The quantitative estimate of drug-likeness (QED) is 0.759. The fourth-order valence-electron chi connectivity index (χ4n) is 1.15. The second-order valence-corrected chi connectivity index (χ2v) is 4.82. The lowest BCUT2D eigenvalue weighted by molar-refractivity contribution is 0.454. The number of hydrogen-bond acceptors (Lipinski definition) is 3. The van der Waals surface area contributed by atoms with E-state index in [9.17, 15) is 0 Å². The number of nitrogens with zero attached hydrogens (tertiary/aromatic N) is 2. The number of likely N-dealkylation sites (N-methyl/N-ethyl adjacent to an activating group) is 1. The maximum atomic E-state index is 4.06. The van der Waals surface area contributed by atoms with E-state index in [1.165, 1.54) is 0 Å². The summed E-state index contributed by atoms with van der Waals surface area (Å²) in [5.41, 5.74) is 1.06. The van der Waals surface area contributed by atoms with Gasteiger partial charge in [0.25, 0.3) is 0 Å². The SMILES string of the molecule is C=C(CN(C)C)SC(=C)c1cccnc1. The standard InChI is InChI=1S/C12H16N2S/c1-10(9-14(3)4)15-11(2)12-6-5-7-13-8-12/h5-8H,1-2,9H2,3-4H3. The van der Waals surface area contributed by atoms with Crippen molar-refractivity contribution in [2.75, 3.05) is 20.6 Å². The molecule has 0 fully saturated rings. The summed E-state index contributed by atoms with van der Waals surface area (Å²) in [4.78, 5) is 8.24. The van der Waals surface area contributed by atoms with E-state index in [0.717, 1.165) is 21.9 Å². The molecule has 0 radical (unpaired) electrons. The average molecular weight is 220 g/mol. The molecule has 0 saturated carbocycles. The van der Waals surface area contributed by atoms with Crippen molar-refractivity contribution in [2.45, 2.75) is 0 Å². The van der Waals surface area contributed by atoms with E-state index in [2.05, 4.69) is 23.0 Å². The predicted molar refractivity (Wildman–Crippen MR) is 68.6 cm³/mol. The maximum absolute atomic E-state index is 4.06. The van der Waals surface area contributed by atoms with Crippen LogP contribution in [0.5, 0.6) is 0 Å². The molecule has 0 unspecified atom stereocenters. The number of pyridine rings is 1. The summed E-state index contributed by atoms with van der Waals surface area (Å²) in [6.45, 7) is 8.88. The zero-order valence-corrected chi connectivity index (χ0v) is 10.0. The van der Waals surface area contributed by atoms with Crippen LogP contribution >= 0.6 is 11.8 Å². The van der Waals surface area contributed by atoms with Gasteiger partial charge in [-0.1, -0.05) is 31.0 Å². The molecule has 80 valence electrons. The number of rotatable bonds is 5. The van der Waals surface area contributed by atoms with E-state index in [1.807, 2.05) is 32.4 Å². The molecule has 1 aromatic heterocycles. The summed E-state index contributed by atoms with van der Waals surface area (Å²) in [7, 11) is 4.05. The van der Waals surface area contributed by atoms with Gasteiger partial charge < -0.3 is 4.90 Å². The molecule has 1 aromatic rings. The van der Waals surface area contributed by atoms with Gasteiger partial charge in [-0.25, -0.2) is 0 Å². The third-order valence-corrected chi connectivity index (χ3v) is 2.64. The van der Waals surface area contributed by atoms with E-state index in [1.54, 1.807) is 18.0 Å². The monoisotopic (exact) mass is 220 g/mol. The van der Waals surface area contributed by atoms with E-state index < -0.39 is 0 Å². The van der Waals surface area contributed by atoms with Crippen LogP contribution in [0.25, 0.3) is 4.91 Å². The Morgan fingerprint density at radius 1 is 1.47 bits per heavy atom. The predicted octanol–water partition coefficient (Wildman–Crippen LogP) is 2.86. The molecule has 0 aliphatic rings. The largest absolute Gasteiger partial charge is 0.305 e. The fraction of sp³-hybridized carbons (Fsp3) is 0.250. The number of thioether (sulfide) groups is 1. The van der Waals surface area contributed by atoms with Gasteiger partial charge in [-0.3, -0.25) is 4.98 Å². The van der Waals surface area contributed by atoms with Crippen LogP contribution < -0.4 is 0 Å². The van der Waals surface area contributed by atoms with E-state index >= 15 is 0 Å². The summed E-state index contributed by atoms with van der Waals surface area (Å²) in [6, 6.07) is 3.92. The lowest BCUT2D eigenvalue weighted by Gasteiger charge is -2.12. The molecule has 0 aliphatic carbocycles. The molecule has 0 N–H and O–H groups in total. The summed E-state index contributed by atoms with van der Waals surface area (Å²) < 4.78 is 0. The molecule has 3 heteroatoms. The van der Waals surface area contributed by atoms with Crippen molar-refractivity contribution in [1.82, 2.24) is 9.88 Å². The Morgan fingerprint density at radius 2 is 2.20 bits per heavy atom. The van der Waals surface area contributed by atoms with Gasteiger partial charge in [0.15, 0.2) is 0 Å². The molecule has 0 amide bonds. The lowest BCUT2D eigenvalue weighted by atomic mass is 10.3. The highest BCUT2D eigenvalue weighted by Crippen LogP contribution is 2.30. The third-order valence-electron chi connectivity index (χ3n) is 1.74. The first-order chi connectivity index (χ1) is 7.09. The normalized spacial score (nSPS) is 10.3. The molecule has 0 atom stereocenters. The molecule has 2 nitrogen and oxygen atoms in total. The second kappa shape index (κ2) is 5.73. The smallest absolute Gasteiger partial charge is 0.0351 e. The first-order valence-electron chi connectivity index (χ1n) is 4.69. The minimum Gasteiger partial charge on any atom is -0.305 e. The molecule has 1 heterocycles. The molecule has 0 aliphatic heterocycles. The molecule has 0 bridgehead atoms. The van der Waals surface area contributed by atoms with Crippen molar-refractivity contribution in [3.63, 3.8) is 0 Å². The van der Waals surface area contributed by atoms with Crippen LogP contribution in [0.4, 0.5) is 0 Å². The molecule has 1 rings (SSSR count). The van der Waals surface area contributed by atoms with Crippen molar-refractivity contribution in [3.05, 3.63) is 48.2 Å². The van der Waals surface area contributed by atoms with Crippen molar-refractivity contribution in [3.8, 4) is 0 Å². The number of aromatic nitrogens is 1. The van der Waals surface area contributed by atoms with Crippen LogP contribution in [0.2, 0.25) is 0 Å². The van der Waals surface area contributed by atoms with Crippen molar-refractivity contribution in [2.24, 2.45) is 0 Å². The Labute approximate surface area is 95.7 Å². The van der Waals surface area contributed by atoms with Gasteiger partial charge in [0, 0.05) is 29.4 Å². The Morgan fingerprint density at radius 3 is 2.73 bits per heavy atom. The number of hydrogen-bond donors (Lipinski definition) is 0. The minimum absolute atomic E-state index is 0.865. The molecule has 15 heavy (non-hydrogen) atoms. The minimum atomic E-state index is 0.865.